The van der Waals surface area contributed by atoms with E-state index in [0.29, 0.717) is 0 Å². The van der Waals surface area contributed by atoms with Gasteiger partial charge in [0.05, 0.1) is 0 Å². The number of aliphatic carboxylic acids is 1. The Labute approximate surface area is 96.4 Å². The lowest BCUT2D eigenvalue weighted by Crippen LogP contribution is -2.45. The van der Waals surface area contributed by atoms with Gasteiger partial charge in [-0.3, -0.25) is 4.79 Å². The molecule has 0 aromatic heterocycles. The molecule has 2 atom stereocenters. The molecule has 1 amide bonds. The Morgan fingerprint density at radius 1 is 1.38 bits per heavy atom. The smallest absolute Gasteiger partial charge is 0.326 e. The average molecular weight is 230 g/mol. The molecule has 0 saturated heterocycles. The second kappa shape index (κ2) is 7.22. The Morgan fingerprint density at radius 3 is 2.31 bits per heavy atom. The summed E-state index contributed by atoms with van der Waals surface area (Å²) in [7, 11) is 0. The van der Waals surface area contributed by atoms with E-state index in [1.165, 1.54) is 0 Å². The van der Waals surface area contributed by atoms with E-state index < -0.39 is 12.0 Å². The summed E-state index contributed by atoms with van der Waals surface area (Å²) in [6.45, 7) is 5.50. The number of carboxylic acid groups (broad SMARTS) is 1. The van der Waals surface area contributed by atoms with E-state index in [1.54, 1.807) is 13.8 Å². The minimum Gasteiger partial charge on any atom is -0.480 e. The van der Waals surface area contributed by atoms with Gasteiger partial charge >= 0.3 is 5.97 Å². The number of hydrogen-bond acceptors (Lipinski definition) is 3. The van der Waals surface area contributed by atoms with E-state index in [-0.39, 0.29) is 24.3 Å². The van der Waals surface area contributed by atoms with Crippen LogP contribution in [0.25, 0.3) is 0 Å². The van der Waals surface area contributed by atoms with E-state index in [2.05, 4.69) is 5.32 Å². The highest BCUT2D eigenvalue weighted by molar-refractivity contribution is 5.83. The molecule has 0 aliphatic carbocycles. The second-order valence-electron chi connectivity index (χ2n) is 4.38. The predicted molar refractivity (Wildman–Crippen MR) is 61.9 cm³/mol. The normalized spacial score (nSPS) is 14.6. The minimum atomic E-state index is -1.01. The molecule has 0 saturated carbocycles. The molecule has 16 heavy (non-hydrogen) atoms. The number of hydrogen-bond donors (Lipinski definition) is 3. The molecule has 0 radical (unpaired) electrons. The van der Waals surface area contributed by atoms with Crippen LogP contribution < -0.4 is 11.1 Å². The Hall–Kier alpha value is -1.10. The van der Waals surface area contributed by atoms with Crippen LogP contribution in [0.1, 0.15) is 40.0 Å². The fourth-order valence-electron chi connectivity index (χ4n) is 1.46. The Morgan fingerprint density at radius 2 is 1.94 bits per heavy atom. The van der Waals surface area contributed by atoms with Crippen molar-refractivity contribution in [1.29, 1.82) is 0 Å². The van der Waals surface area contributed by atoms with Crippen LogP contribution in [0, 0.1) is 5.92 Å². The highest BCUT2D eigenvalue weighted by atomic mass is 16.4. The number of rotatable bonds is 7. The van der Waals surface area contributed by atoms with Crippen LogP contribution in [0.5, 0.6) is 0 Å². The van der Waals surface area contributed by atoms with Crippen molar-refractivity contribution in [2.45, 2.75) is 52.1 Å². The lowest BCUT2D eigenvalue weighted by molar-refractivity contribution is -0.143. The number of carbonyl (C=O) groups excluding carboxylic acids is 1. The molecule has 0 spiro atoms. The molecule has 4 N–H and O–H groups in total. The van der Waals surface area contributed by atoms with Crippen molar-refractivity contribution in [3.8, 4) is 0 Å². The zero-order valence-corrected chi connectivity index (χ0v) is 10.2. The second-order valence-corrected chi connectivity index (χ2v) is 4.38. The third kappa shape index (κ3) is 5.70. The van der Waals surface area contributed by atoms with E-state index >= 15 is 0 Å². The summed E-state index contributed by atoms with van der Waals surface area (Å²) in [4.78, 5) is 22.3. The summed E-state index contributed by atoms with van der Waals surface area (Å²) in [6.07, 6.45) is 1.87. The van der Waals surface area contributed by atoms with Gasteiger partial charge in [0.15, 0.2) is 0 Å². The molecule has 0 aromatic carbocycles. The van der Waals surface area contributed by atoms with Gasteiger partial charge in [0.1, 0.15) is 6.04 Å². The van der Waals surface area contributed by atoms with E-state index in [9.17, 15) is 9.59 Å². The third-order valence-electron chi connectivity index (χ3n) is 2.36. The predicted octanol–water partition coefficient (Wildman–Crippen LogP) is 0.729. The summed E-state index contributed by atoms with van der Waals surface area (Å²) < 4.78 is 0. The van der Waals surface area contributed by atoms with Gasteiger partial charge < -0.3 is 16.2 Å². The molecule has 94 valence electrons. The first-order valence-corrected chi connectivity index (χ1v) is 5.66. The van der Waals surface area contributed by atoms with E-state index in [0.717, 1.165) is 12.8 Å². The molecule has 0 heterocycles. The van der Waals surface area contributed by atoms with Gasteiger partial charge in [0.25, 0.3) is 0 Å². The largest absolute Gasteiger partial charge is 0.480 e. The molecule has 0 fully saturated rings. The van der Waals surface area contributed by atoms with E-state index in [4.69, 9.17) is 10.8 Å². The van der Waals surface area contributed by atoms with Gasteiger partial charge in [-0.2, -0.15) is 0 Å². The van der Waals surface area contributed by atoms with Crippen molar-refractivity contribution in [3.63, 3.8) is 0 Å². The first kappa shape index (κ1) is 14.9. The first-order valence-electron chi connectivity index (χ1n) is 5.66. The summed E-state index contributed by atoms with van der Waals surface area (Å²) in [5.74, 6) is -1.43. The van der Waals surface area contributed by atoms with Gasteiger partial charge in [-0.05, 0) is 12.3 Å². The maximum atomic E-state index is 11.5. The van der Waals surface area contributed by atoms with Crippen molar-refractivity contribution in [2.24, 2.45) is 11.7 Å². The summed E-state index contributed by atoms with van der Waals surface area (Å²) in [6, 6.07) is -1.02. The van der Waals surface area contributed by atoms with Crippen LogP contribution >= 0.6 is 0 Å². The third-order valence-corrected chi connectivity index (χ3v) is 2.36. The average Bonchev–Trinajstić information content (AvgIpc) is 2.13. The molecule has 0 bridgehead atoms. The number of amides is 1. The lowest BCUT2D eigenvalue weighted by Gasteiger charge is -2.19. The van der Waals surface area contributed by atoms with E-state index in [1.807, 2.05) is 6.92 Å². The summed E-state index contributed by atoms with van der Waals surface area (Å²) in [5.41, 5.74) is 5.70. The topological polar surface area (TPSA) is 92.4 Å². The Balaban J connectivity index is 4.15. The fourth-order valence-corrected chi connectivity index (χ4v) is 1.46. The van der Waals surface area contributed by atoms with Crippen LogP contribution in [0.4, 0.5) is 0 Å². The SMILES string of the molecule is CCCC(N)CC(=O)N[C@H](C(=O)O)C(C)C. The van der Waals surface area contributed by atoms with Crippen molar-refractivity contribution in [3.05, 3.63) is 0 Å². The molecule has 0 rings (SSSR count). The fraction of sp³-hybridized carbons (Fsp3) is 0.818. The highest BCUT2D eigenvalue weighted by Crippen LogP contribution is 2.04. The van der Waals surface area contributed by atoms with Gasteiger partial charge in [-0.25, -0.2) is 4.79 Å². The number of carboxylic acids is 1. The number of carbonyl (C=O) groups is 2. The molecule has 5 nitrogen and oxygen atoms in total. The molecule has 1 unspecified atom stereocenters. The van der Waals surface area contributed by atoms with Gasteiger partial charge in [0, 0.05) is 12.5 Å². The molecule has 0 aliphatic rings. The van der Waals surface area contributed by atoms with Crippen LogP contribution in [-0.4, -0.2) is 29.1 Å². The highest BCUT2D eigenvalue weighted by Gasteiger charge is 2.23. The van der Waals surface area contributed by atoms with Crippen molar-refractivity contribution in [2.75, 3.05) is 0 Å². The first-order chi connectivity index (χ1) is 7.38. The zero-order valence-electron chi connectivity index (χ0n) is 10.2. The maximum absolute atomic E-state index is 11.5. The molecule has 5 heteroatoms. The van der Waals surface area contributed by atoms with Crippen LogP contribution in [-0.2, 0) is 9.59 Å². The molecule has 0 aromatic rings. The standard InChI is InChI=1S/C11H22N2O3/c1-4-5-8(12)6-9(14)13-10(7(2)3)11(15)16/h7-8,10H,4-6,12H2,1-3H3,(H,13,14)(H,15,16)/t8?,10-/m0/s1. The van der Waals surface area contributed by atoms with Crippen LogP contribution in [0.3, 0.4) is 0 Å². The Bertz CT molecular complexity index is 241. The monoisotopic (exact) mass is 230 g/mol. The van der Waals surface area contributed by atoms with Crippen LogP contribution in [0.15, 0.2) is 0 Å². The van der Waals surface area contributed by atoms with Gasteiger partial charge in [-0.1, -0.05) is 27.2 Å². The van der Waals surface area contributed by atoms with Crippen molar-refractivity contribution >= 4 is 11.9 Å². The number of nitrogens with two attached hydrogens (primary N) is 1. The Kier molecular flexibility index (Phi) is 6.72. The lowest BCUT2D eigenvalue weighted by atomic mass is 10.0. The van der Waals surface area contributed by atoms with Crippen molar-refractivity contribution < 1.29 is 14.7 Å². The molecular formula is C11H22N2O3. The summed E-state index contributed by atoms with van der Waals surface area (Å²) in [5, 5.41) is 11.4. The zero-order chi connectivity index (χ0) is 12.7. The minimum absolute atomic E-state index is 0.135. The van der Waals surface area contributed by atoms with Crippen molar-refractivity contribution in [1.82, 2.24) is 5.32 Å². The number of nitrogens with one attached hydrogen (secondary N) is 1. The molecule has 0 aliphatic heterocycles. The molecular weight excluding hydrogens is 208 g/mol. The summed E-state index contributed by atoms with van der Waals surface area (Å²) >= 11 is 0. The maximum Gasteiger partial charge on any atom is 0.326 e. The van der Waals surface area contributed by atoms with Gasteiger partial charge in [-0.15, -0.1) is 0 Å². The van der Waals surface area contributed by atoms with Crippen LogP contribution in [0.2, 0.25) is 0 Å². The van der Waals surface area contributed by atoms with Gasteiger partial charge in [0.2, 0.25) is 5.91 Å². The quantitative estimate of drug-likeness (QED) is 0.601.